The summed E-state index contributed by atoms with van der Waals surface area (Å²) in [6.45, 7) is 2.12. The second-order valence-corrected chi connectivity index (χ2v) is 6.50. The number of carbonyl (C=O) groups excluding carboxylic acids is 2. The molecule has 0 atom stereocenters. The summed E-state index contributed by atoms with van der Waals surface area (Å²) in [6, 6.07) is 8.63. The van der Waals surface area contributed by atoms with E-state index in [0.717, 1.165) is 12.1 Å². The van der Waals surface area contributed by atoms with Gasteiger partial charge in [-0.2, -0.15) is 13.2 Å². The topological polar surface area (TPSA) is 108 Å². The first-order valence-electron chi connectivity index (χ1n) is 9.47. The second kappa shape index (κ2) is 9.77. The minimum atomic E-state index is -4.53. The SMILES string of the molecule is CCNC(=O)Nc1cc(Nc2cccc(C(F)(F)F)c2)c(C(=O)Nc2cccnc2)cn1. The van der Waals surface area contributed by atoms with E-state index in [9.17, 15) is 22.8 Å². The summed E-state index contributed by atoms with van der Waals surface area (Å²) in [6.07, 6.45) is -0.333. The van der Waals surface area contributed by atoms with Gasteiger partial charge in [0.1, 0.15) is 5.82 Å². The summed E-state index contributed by atoms with van der Waals surface area (Å²) in [4.78, 5) is 32.6. The lowest BCUT2D eigenvalue weighted by Crippen LogP contribution is -2.28. The Labute approximate surface area is 181 Å². The molecule has 0 saturated carbocycles. The molecule has 0 unspecified atom stereocenters. The highest BCUT2D eigenvalue weighted by molar-refractivity contribution is 6.08. The van der Waals surface area contributed by atoms with Gasteiger partial charge < -0.3 is 16.0 Å². The van der Waals surface area contributed by atoms with Crippen LogP contribution in [0.25, 0.3) is 0 Å². The molecule has 3 aromatic rings. The molecule has 0 aliphatic carbocycles. The lowest BCUT2D eigenvalue weighted by atomic mass is 10.1. The Kier molecular flexibility index (Phi) is 6.88. The Balaban J connectivity index is 1.94. The van der Waals surface area contributed by atoms with Crippen molar-refractivity contribution in [3.05, 3.63) is 72.2 Å². The maximum absolute atomic E-state index is 13.1. The number of hydrogen-bond acceptors (Lipinski definition) is 5. The predicted molar refractivity (Wildman–Crippen MR) is 114 cm³/mol. The van der Waals surface area contributed by atoms with Crippen molar-refractivity contribution in [1.29, 1.82) is 0 Å². The number of pyridine rings is 2. The zero-order valence-electron chi connectivity index (χ0n) is 16.8. The van der Waals surface area contributed by atoms with Crippen LogP contribution in [0.1, 0.15) is 22.8 Å². The smallest absolute Gasteiger partial charge is 0.355 e. The summed E-state index contributed by atoms with van der Waals surface area (Å²) in [5.74, 6) is -0.465. The fraction of sp³-hybridized carbons (Fsp3) is 0.143. The van der Waals surface area contributed by atoms with E-state index in [0.29, 0.717) is 12.2 Å². The molecule has 0 bridgehead atoms. The molecule has 3 amide bonds. The average Bonchev–Trinajstić information content (AvgIpc) is 2.74. The molecule has 166 valence electrons. The summed E-state index contributed by atoms with van der Waals surface area (Å²) < 4.78 is 39.2. The summed E-state index contributed by atoms with van der Waals surface area (Å²) in [7, 11) is 0. The number of benzene rings is 1. The van der Waals surface area contributed by atoms with Gasteiger partial charge in [0.2, 0.25) is 0 Å². The van der Waals surface area contributed by atoms with Crippen LogP contribution < -0.4 is 21.3 Å². The van der Waals surface area contributed by atoms with Crippen LogP contribution in [0.3, 0.4) is 0 Å². The fourth-order valence-electron chi connectivity index (χ4n) is 2.69. The predicted octanol–water partition coefficient (Wildman–Crippen LogP) is 4.63. The lowest BCUT2D eigenvalue weighted by Gasteiger charge is -2.15. The normalized spacial score (nSPS) is 10.9. The van der Waals surface area contributed by atoms with E-state index in [1.54, 1.807) is 25.3 Å². The number of aromatic nitrogens is 2. The van der Waals surface area contributed by atoms with Crippen molar-refractivity contribution in [2.45, 2.75) is 13.1 Å². The molecule has 2 aromatic heterocycles. The van der Waals surface area contributed by atoms with E-state index >= 15 is 0 Å². The standard InChI is InChI=1S/C21H19F3N6O2/c1-2-26-20(32)30-18-10-17(28-14-6-3-5-13(9-14)21(22,23)24)16(12-27-18)19(31)29-15-7-4-8-25-11-15/h3-12H,2H2,1H3,(H,29,31)(H3,26,27,28,30,32). The summed E-state index contributed by atoms with van der Waals surface area (Å²) in [5, 5.41) is 10.5. The van der Waals surface area contributed by atoms with Gasteiger partial charge in [0.25, 0.3) is 5.91 Å². The second-order valence-electron chi connectivity index (χ2n) is 6.50. The van der Waals surface area contributed by atoms with Crippen molar-refractivity contribution in [3.8, 4) is 0 Å². The highest BCUT2D eigenvalue weighted by Gasteiger charge is 2.30. The van der Waals surface area contributed by atoms with E-state index in [-0.39, 0.29) is 22.8 Å². The lowest BCUT2D eigenvalue weighted by molar-refractivity contribution is -0.137. The van der Waals surface area contributed by atoms with E-state index in [1.165, 1.54) is 30.6 Å². The summed E-state index contributed by atoms with van der Waals surface area (Å²) in [5.41, 5.74) is -0.128. The van der Waals surface area contributed by atoms with Crippen molar-refractivity contribution in [3.63, 3.8) is 0 Å². The highest BCUT2D eigenvalue weighted by Crippen LogP contribution is 2.32. The molecule has 1 aromatic carbocycles. The molecular formula is C21H19F3N6O2. The van der Waals surface area contributed by atoms with Gasteiger partial charge in [-0.05, 0) is 37.3 Å². The quantitative estimate of drug-likeness (QED) is 0.443. The van der Waals surface area contributed by atoms with Gasteiger partial charge in [-0.3, -0.25) is 15.1 Å². The van der Waals surface area contributed by atoms with Crippen molar-refractivity contribution < 1.29 is 22.8 Å². The van der Waals surface area contributed by atoms with Crippen molar-refractivity contribution in [2.75, 3.05) is 22.5 Å². The van der Waals surface area contributed by atoms with Gasteiger partial charge in [0, 0.05) is 30.7 Å². The van der Waals surface area contributed by atoms with Gasteiger partial charge in [-0.1, -0.05) is 6.07 Å². The van der Waals surface area contributed by atoms with Crippen molar-refractivity contribution in [2.24, 2.45) is 0 Å². The molecule has 0 spiro atoms. The Morgan fingerprint density at radius 3 is 2.47 bits per heavy atom. The Morgan fingerprint density at radius 1 is 1.00 bits per heavy atom. The molecular weight excluding hydrogens is 425 g/mol. The zero-order chi connectivity index (χ0) is 23.1. The first kappa shape index (κ1) is 22.5. The first-order valence-corrected chi connectivity index (χ1v) is 9.47. The minimum Gasteiger partial charge on any atom is -0.355 e. The van der Waals surface area contributed by atoms with Crippen molar-refractivity contribution >= 4 is 34.8 Å². The third-order valence-corrected chi connectivity index (χ3v) is 4.12. The molecule has 0 aliphatic heterocycles. The van der Waals surface area contributed by atoms with Crippen LogP contribution in [0.5, 0.6) is 0 Å². The number of nitrogens with one attached hydrogen (secondary N) is 4. The fourth-order valence-corrected chi connectivity index (χ4v) is 2.69. The number of alkyl halides is 3. The Morgan fingerprint density at radius 2 is 1.78 bits per heavy atom. The van der Waals surface area contributed by atoms with Crippen molar-refractivity contribution in [1.82, 2.24) is 15.3 Å². The molecule has 32 heavy (non-hydrogen) atoms. The van der Waals surface area contributed by atoms with Crippen LogP contribution in [0, 0.1) is 0 Å². The largest absolute Gasteiger partial charge is 0.416 e. The number of urea groups is 1. The van der Waals surface area contributed by atoms with Gasteiger partial charge in [0.15, 0.2) is 0 Å². The number of rotatable bonds is 6. The van der Waals surface area contributed by atoms with E-state index < -0.39 is 23.7 Å². The van der Waals surface area contributed by atoms with E-state index in [2.05, 4.69) is 31.2 Å². The van der Waals surface area contributed by atoms with Crippen LogP contribution in [-0.2, 0) is 6.18 Å². The molecule has 3 rings (SSSR count). The maximum atomic E-state index is 13.1. The van der Waals surface area contributed by atoms with Crippen LogP contribution in [0.15, 0.2) is 61.1 Å². The number of halogens is 3. The molecule has 2 heterocycles. The molecule has 4 N–H and O–H groups in total. The van der Waals surface area contributed by atoms with E-state index in [4.69, 9.17) is 0 Å². The molecule has 8 nitrogen and oxygen atoms in total. The van der Waals surface area contributed by atoms with Crippen LogP contribution in [0.2, 0.25) is 0 Å². The minimum absolute atomic E-state index is 0.0488. The molecule has 11 heteroatoms. The van der Waals surface area contributed by atoms with Crippen LogP contribution >= 0.6 is 0 Å². The Hall–Kier alpha value is -4.15. The highest BCUT2D eigenvalue weighted by atomic mass is 19.4. The average molecular weight is 444 g/mol. The van der Waals surface area contributed by atoms with E-state index in [1.807, 2.05) is 0 Å². The zero-order valence-corrected chi connectivity index (χ0v) is 16.8. The molecule has 0 aliphatic rings. The summed E-state index contributed by atoms with van der Waals surface area (Å²) >= 11 is 0. The van der Waals surface area contributed by atoms with Gasteiger partial charge >= 0.3 is 12.2 Å². The third-order valence-electron chi connectivity index (χ3n) is 4.12. The number of anilines is 4. The molecule has 0 fully saturated rings. The Bertz CT molecular complexity index is 1110. The molecule has 0 radical (unpaired) electrons. The third kappa shape index (κ3) is 5.94. The number of hydrogen-bond donors (Lipinski definition) is 4. The molecule has 0 saturated heterocycles. The monoisotopic (exact) mass is 444 g/mol. The maximum Gasteiger partial charge on any atom is 0.416 e. The number of carbonyl (C=O) groups is 2. The first-order chi connectivity index (χ1) is 15.3. The van der Waals surface area contributed by atoms with Gasteiger partial charge in [0.05, 0.1) is 28.7 Å². The van der Waals surface area contributed by atoms with Gasteiger partial charge in [-0.25, -0.2) is 9.78 Å². The van der Waals surface area contributed by atoms with Gasteiger partial charge in [-0.15, -0.1) is 0 Å². The van der Waals surface area contributed by atoms with Crippen LogP contribution in [0.4, 0.5) is 40.8 Å². The van der Waals surface area contributed by atoms with Crippen LogP contribution in [-0.4, -0.2) is 28.5 Å². The number of nitrogens with zero attached hydrogens (tertiary/aromatic N) is 2. The number of amides is 3.